The summed E-state index contributed by atoms with van der Waals surface area (Å²) in [7, 11) is 0.604. The van der Waals surface area contributed by atoms with Gasteiger partial charge in [0, 0.05) is 0 Å². The lowest BCUT2D eigenvalue weighted by Gasteiger charge is -2.15. The predicted octanol–water partition coefficient (Wildman–Crippen LogP) is 2.70. The van der Waals surface area contributed by atoms with Gasteiger partial charge in [-0.05, 0) is 11.5 Å². The summed E-state index contributed by atoms with van der Waals surface area (Å²) in [6.45, 7) is 6.72. The van der Waals surface area contributed by atoms with Gasteiger partial charge in [-0.3, -0.25) is 0 Å². The molecule has 0 N–H and O–H groups in total. The Hall–Kier alpha value is 0.507. The molecular formula is C6H13ClSi. The highest BCUT2D eigenvalue weighted by molar-refractivity contribution is 6.93. The standard InChI is InChI=1S/C6H13ClSi/c1-6(2,3)4-5-8-7/h4-5H2,1-3H3. The van der Waals surface area contributed by atoms with E-state index in [0.717, 1.165) is 0 Å². The van der Waals surface area contributed by atoms with Crippen LogP contribution < -0.4 is 0 Å². The van der Waals surface area contributed by atoms with E-state index in [-0.39, 0.29) is 0 Å². The van der Waals surface area contributed by atoms with Crippen LogP contribution in [0.15, 0.2) is 0 Å². The first-order valence-electron chi connectivity index (χ1n) is 2.90. The van der Waals surface area contributed by atoms with E-state index in [4.69, 9.17) is 11.1 Å². The van der Waals surface area contributed by atoms with E-state index >= 15 is 0 Å². The van der Waals surface area contributed by atoms with Crippen molar-refractivity contribution in [1.29, 1.82) is 0 Å². The molecule has 0 unspecified atom stereocenters. The number of hydrogen-bond acceptors (Lipinski definition) is 0. The fraction of sp³-hybridized carbons (Fsp3) is 1.00. The molecule has 0 aromatic heterocycles. The minimum Gasteiger partial charge on any atom is -0.171 e. The molecule has 8 heavy (non-hydrogen) atoms. The van der Waals surface area contributed by atoms with Crippen molar-refractivity contribution in [2.75, 3.05) is 0 Å². The Kier molecular flexibility index (Phi) is 3.74. The molecule has 2 heteroatoms. The second-order valence-corrected chi connectivity index (χ2v) is 4.76. The summed E-state index contributed by atoms with van der Waals surface area (Å²) in [6.07, 6.45) is 1.24. The summed E-state index contributed by atoms with van der Waals surface area (Å²) in [5.41, 5.74) is 0.474. The van der Waals surface area contributed by atoms with Crippen LogP contribution in [0.3, 0.4) is 0 Å². The Balaban J connectivity index is 3.11. The van der Waals surface area contributed by atoms with E-state index in [2.05, 4.69) is 20.8 Å². The molecule has 0 atom stereocenters. The van der Waals surface area contributed by atoms with Crippen molar-refractivity contribution < 1.29 is 0 Å². The fourth-order valence-electron chi connectivity index (χ4n) is 0.422. The Morgan fingerprint density at radius 2 is 1.88 bits per heavy atom. The van der Waals surface area contributed by atoms with E-state index in [1.54, 1.807) is 0 Å². The second kappa shape index (κ2) is 3.52. The molecular weight excluding hydrogens is 136 g/mol. The van der Waals surface area contributed by atoms with Gasteiger partial charge in [0.1, 0.15) is 0 Å². The third-order valence-corrected chi connectivity index (χ3v) is 1.98. The largest absolute Gasteiger partial charge is 0.171 e. The van der Waals surface area contributed by atoms with Crippen molar-refractivity contribution >= 4 is 19.9 Å². The van der Waals surface area contributed by atoms with Gasteiger partial charge < -0.3 is 0 Å². The first kappa shape index (κ1) is 8.51. The van der Waals surface area contributed by atoms with Crippen LogP contribution in [0.25, 0.3) is 0 Å². The molecule has 0 saturated heterocycles. The highest BCUT2D eigenvalue weighted by atomic mass is 35.6. The molecule has 0 amide bonds. The number of rotatable bonds is 2. The molecule has 0 spiro atoms. The number of hydrogen-bond donors (Lipinski definition) is 0. The maximum absolute atomic E-state index is 5.54. The molecule has 0 nitrogen and oxygen atoms in total. The zero-order chi connectivity index (χ0) is 6.62. The Bertz CT molecular complexity index is 56.0. The molecule has 0 fully saturated rings. The smallest absolute Gasteiger partial charge is 0.171 e. The Morgan fingerprint density at radius 3 is 2.00 bits per heavy atom. The maximum atomic E-state index is 5.54. The summed E-state index contributed by atoms with van der Waals surface area (Å²) in [6, 6.07) is 1.17. The maximum Gasteiger partial charge on any atom is 0.171 e. The van der Waals surface area contributed by atoms with E-state index in [9.17, 15) is 0 Å². The van der Waals surface area contributed by atoms with Gasteiger partial charge in [-0.2, -0.15) is 11.1 Å². The zero-order valence-corrected chi connectivity index (χ0v) is 7.55. The van der Waals surface area contributed by atoms with Crippen molar-refractivity contribution in [2.24, 2.45) is 5.41 Å². The molecule has 0 aliphatic rings. The quantitative estimate of drug-likeness (QED) is 0.417. The highest BCUT2D eigenvalue weighted by Crippen LogP contribution is 2.20. The molecule has 2 radical (unpaired) electrons. The van der Waals surface area contributed by atoms with E-state index in [1.165, 1.54) is 12.5 Å². The van der Waals surface area contributed by atoms with Crippen LogP contribution in [0.4, 0.5) is 0 Å². The molecule has 0 aromatic carbocycles. The third kappa shape index (κ3) is 6.51. The van der Waals surface area contributed by atoms with Crippen molar-refractivity contribution in [3.05, 3.63) is 0 Å². The van der Waals surface area contributed by atoms with E-state index in [1.807, 2.05) is 0 Å². The molecule has 0 bridgehead atoms. The van der Waals surface area contributed by atoms with Gasteiger partial charge >= 0.3 is 0 Å². The lowest BCUT2D eigenvalue weighted by Crippen LogP contribution is -2.04. The minimum atomic E-state index is 0.474. The second-order valence-electron chi connectivity index (χ2n) is 3.19. The first-order chi connectivity index (χ1) is 3.56. The topological polar surface area (TPSA) is 0 Å². The minimum absolute atomic E-state index is 0.474. The van der Waals surface area contributed by atoms with Gasteiger partial charge in [-0.1, -0.05) is 27.2 Å². The van der Waals surface area contributed by atoms with Crippen LogP contribution in [-0.2, 0) is 0 Å². The molecule has 0 saturated carbocycles. The molecule has 48 valence electrons. The van der Waals surface area contributed by atoms with Gasteiger partial charge in [0.15, 0.2) is 8.83 Å². The molecule has 0 aromatic rings. The zero-order valence-electron chi connectivity index (χ0n) is 5.79. The van der Waals surface area contributed by atoms with Crippen LogP contribution in [0.1, 0.15) is 27.2 Å². The van der Waals surface area contributed by atoms with Crippen LogP contribution in [0, 0.1) is 5.41 Å². The predicted molar refractivity (Wildman–Crippen MR) is 40.5 cm³/mol. The van der Waals surface area contributed by atoms with Crippen LogP contribution in [0.2, 0.25) is 6.04 Å². The number of halogens is 1. The van der Waals surface area contributed by atoms with Gasteiger partial charge in [0.25, 0.3) is 0 Å². The molecule has 0 heterocycles. The molecule has 0 aliphatic heterocycles. The van der Waals surface area contributed by atoms with E-state index in [0.29, 0.717) is 14.2 Å². The van der Waals surface area contributed by atoms with Gasteiger partial charge in [-0.15, -0.1) is 0 Å². The van der Waals surface area contributed by atoms with Gasteiger partial charge in [0.2, 0.25) is 0 Å². The summed E-state index contributed by atoms with van der Waals surface area (Å²) in [5.74, 6) is 0. The van der Waals surface area contributed by atoms with Gasteiger partial charge in [-0.25, -0.2) is 0 Å². The summed E-state index contributed by atoms with van der Waals surface area (Å²) in [4.78, 5) is 0. The van der Waals surface area contributed by atoms with Crippen LogP contribution >= 0.6 is 11.1 Å². The first-order valence-corrected chi connectivity index (χ1v) is 5.12. The average molecular weight is 149 g/mol. The van der Waals surface area contributed by atoms with Crippen molar-refractivity contribution in [3.63, 3.8) is 0 Å². The van der Waals surface area contributed by atoms with E-state index < -0.39 is 0 Å². The van der Waals surface area contributed by atoms with Crippen molar-refractivity contribution in [3.8, 4) is 0 Å². The Labute approximate surface area is 59.1 Å². The summed E-state index contributed by atoms with van der Waals surface area (Å²) >= 11 is 5.54. The lowest BCUT2D eigenvalue weighted by molar-refractivity contribution is 0.398. The summed E-state index contributed by atoms with van der Waals surface area (Å²) in [5, 5.41) is 0. The molecule has 0 aliphatic carbocycles. The lowest BCUT2D eigenvalue weighted by atomic mass is 9.94. The van der Waals surface area contributed by atoms with Crippen LogP contribution in [0.5, 0.6) is 0 Å². The average Bonchev–Trinajstić information content (AvgIpc) is 1.59. The van der Waals surface area contributed by atoms with Gasteiger partial charge in [0.05, 0.1) is 0 Å². The normalized spacial score (nSPS) is 12.0. The van der Waals surface area contributed by atoms with Crippen molar-refractivity contribution in [1.82, 2.24) is 0 Å². The van der Waals surface area contributed by atoms with Crippen molar-refractivity contribution in [2.45, 2.75) is 33.2 Å². The summed E-state index contributed by atoms with van der Waals surface area (Å²) < 4.78 is 0. The van der Waals surface area contributed by atoms with Crippen LogP contribution in [-0.4, -0.2) is 8.83 Å². The monoisotopic (exact) mass is 148 g/mol. The Morgan fingerprint density at radius 1 is 1.38 bits per heavy atom. The SMILES string of the molecule is CC(C)(C)CC[Si]Cl. The third-order valence-electron chi connectivity index (χ3n) is 0.969. The highest BCUT2D eigenvalue weighted by Gasteiger charge is 2.08. The molecule has 0 rings (SSSR count). The fourth-order valence-corrected chi connectivity index (χ4v) is 1.55.